The van der Waals surface area contributed by atoms with Crippen molar-refractivity contribution in [3.8, 4) is 0 Å². The highest BCUT2D eigenvalue weighted by Crippen LogP contribution is 2.14. The van der Waals surface area contributed by atoms with Gasteiger partial charge in [0.1, 0.15) is 0 Å². The Balaban J connectivity index is 3.60. The van der Waals surface area contributed by atoms with Crippen LogP contribution in [0.3, 0.4) is 0 Å². The van der Waals surface area contributed by atoms with Crippen LogP contribution in [0.15, 0.2) is 0 Å². The number of thioether (sulfide) groups is 1. The minimum Gasteiger partial charge on any atom is -0.469 e. The lowest BCUT2D eigenvalue weighted by Gasteiger charge is -2.05. The summed E-state index contributed by atoms with van der Waals surface area (Å²) in [5.74, 6) is -0.272. The molecule has 0 aromatic carbocycles. The van der Waals surface area contributed by atoms with Crippen molar-refractivity contribution in [3.63, 3.8) is 0 Å². The fourth-order valence-corrected chi connectivity index (χ4v) is 1.43. The number of methoxy groups -OCH3 is 1. The molecule has 11 heavy (non-hydrogen) atoms. The average Bonchev–Trinajstić information content (AvgIpc) is 1.85. The molecule has 0 fully saturated rings. The fraction of sp³-hybridized carbons (Fsp3) is 0.714. The van der Waals surface area contributed by atoms with Crippen LogP contribution in [0.1, 0.15) is 20.3 Å². The molecule has 0 aliphatic rings. The molecule has 0 bridgehead atoms. The number of esters is 1. The van der Waals surface area contributed by atoms with Crippen LogP contribution in [-0.4, -0.2) is 23.4 Å². The summed E-state index contributed by atoms with van der Waals surface area (Å²) in [4.78, 5) is 21.2. The van der Waals surface area contributed by atoms with E-state index in [0.29, 0.717) is 6.42 Å². The van der Waals surface area contributed by atoms with E-state index in [2.05, 4.69) is 4.74 Å². The van der Waals surface area contributed by atoms with Gasteiger partial charge in [-0.2, -0.15) is 0 Å². The molecule has 0 radical (unpaired) electrons. The zero-order valence-corrected chi connectivity index (χ0v) is 7.73. The third-order valence-corrected chi connectivity index (χ3v) is 1.95. The van der Waals surface area contributed by atoms with Gasteiger partial charge < -0.3 is 4.74 Å². The smallest absolute Gasteiger partial charge is 0.306 e. The van der Waals surface area contributed by atoms with Gasteiger partial charge in [-0.1, -0.05) is 18.7 Å². The standard InChI is InChI=1S/C7H12O3S/c1-5(11-6(2)8)4-7(9)10-3/h5H,4H2,1-3H3/t5-/m0/s1. The Bertz CT molecular complexity index is 156. The molecular formula is C7H12O3S. The largest absolute Gasteiger partial charge is 0.469 e. The minimum absolute atomic E-state index is 0.0138. The van der Waals surface area contributed by atoms with Crippen molar-refractivity contribution in [2.45, 2.75) is 25.5 Å². The van der Waals surface area contributed by atoms with Crippen LogP contribution in [0, 0.1) is 0 Å². The quantitative estimate of drug-likeness (QED) is 0.606. The van der Waals surface area contributed by atoms with E-state index >= 15 is 0 Å². The van der Waals surface area contributed by atoms with Gasteiger partial charge in [0.15, 0.2) is 5.12 Å². The van der Waals surface area contributed by atoms with Crippen LogP contribution in [0.5, 0.6) is 0 Å². The van der Waals surface area contributed by atoms with Crippen molar-refractivity contribution >= 4 is 22.8 Å². The zero-order chi connectivity index (χ0) is 8.85. The molecule has 4 heteroatoms. The molecule has 3 nitrogen and oxygen atoms in total. The number of rotatable bonds is 3. The van der Waals surface area contributed by atoms with Crippen LogP contribution in [0.4, 0.5) is 0 Å². The van der Waals surface area contributed by atoms with E-state index in [9.17, 15) is 9.59 Å². The Morgan fingerprint density at radius 1 is 1.55 bits per heavy atom. The van der Waals surface area contributed by atoms with Crippen LogP contribution >= 0.6 is 11.8 Å². The highest BCUT2D eigenvalue weighted by Gasteiger charge is 2.10. The second-order valence-corrected chi connectivity index (χ2v) is 3.82. The van der Waals surface area contributed by atoms with Gasteiger partial charge in [-0.3, -0.25) is 9.59 Å². The number of hydrogen-bond donors (Lipinski definition) is 0. The van der Waals surface area contributed by atoms with Crippen molar-refractivity contribution in [1.82, 2.24) is 0 Å². The van der Waals surface area contributed by atoms with Crippen molar-refractivity contribution < 1.29 is 14.3 Å². The predicted molar refractivity (Wildman–Crippen MR) is 44.4 cm³/mol. The molecule has 0 amide bonds. The molecule has 0 rings (SSSR count). The van der Waals surface area contributed by atoms with Crippen molar-refractivity contribution in [3.05, 3.63) is 0 Å². The first-order chi connectivity index (χ1) is 5.06. The molecule has 0 unspecified atom stereocenters. The molecule has 0 N–H and O–H groups in total. The SMILES string of the molecule is COC(=O)C[C@H](C)SC(C)=O. The molecule has 0 aliphatic carbocycles. The fourth-order valence-electron chi connectivity index (χ4n) is 0.643. The van der Waals surface area contributed by atoms with Gasteiger partial charge in [-0.25, -0.2) is 0 Å². The third kappa shape index (κ3) is 5.91. The van der Waals surface area contributed by atoms with Crippen molar-refractivity contribution in [2.24, 2.45) is 0 Å². The molecule has 0 aliphatic heterocycles. The summed E-state index contributed by atoms with van der Waals surface area (Å²) in [6.07, 6.45) is 0.292. The van der Waals surface area contributed by atoms with Crippen LogP contribution in [0.25, 0.3) is 0 Å². The van der Waals surface area contributed by atoms with E-state index in [0.717, 1.165) is 11.8 Å². The van der Waals surface area contributed by atoms with Crippen LogP contribution in [0.2, 0.25) is 0 Å². The number of ether oxygens (including phenoxy) is 1. The molecule has 0 heterocycles. The summed E-state index contributed by atoms with van der Waals surface area (Å²) in [6.45, 7) is 3.31. The summed E-state index contributed by atoms with van der Waals surface area (Å²) < 4.78 is 4.44. The molecule has 64 valence electrons. The van der Waals surface area contributed by atoms with E-state index in [4.69, 9.17) is 0 Å². The number of carbonyl (C=O) groups is 2. The van der Waals surface area contributed by atoms with Gasteiger partial charge in [0.05, 0.1) is 13.5 Å². The Morgan fingerprint density at radius 2 is 2.09 bits per heavy atom. The van der Waals surface area contributed by atoms with Gasteiger partial charge in [-0.05, 0) is 0 Å². The molecular weight excluding hydrogens is 164 g/mol. The molecule has 0 aromatic rings. The maximum absolute atomic E-state index is 10.7. The van der Waals surface area contributed by atoms with E-state index < -0.39 is 0 Å². The maximum atomic E-state index is 10.7. The predicted octanol–water partition coefficient (Wildman–Crippen LogP) is 1.22. The second kappa shape index (κ2) is 5.18. The number of carbonyl (C=O) groups excluding carboxylic acids is 2. The van der Waals surface area contributed by atoms with Crippen LogP contribution in [-0.2, 0) is 14.3 Å². The average molecular weight is 176 g/mol. The molecule has 0 saturated heterocycles. The van der Waals surface area contributed by atoms with E-state index in [1.54, 1.807) is 0 Å². The van der Waals surface area contributed by atoms with Gasteiger partial charge >= 0.3 is 5.97 Å². The summed E-state index contributed by atoms with van der Waals surface area (Å²) >= 11 is 1.16. The lowest BCUT2D eigenvalue weighted by molar-refractivity contribution is -0.140. The first kappa shape index (κ1) is 10.5. The minimum atomic E-state index is -0.272. The second-order valence-electron chi connectivity index (χ2n) is 2.20. The van der Waals surface area contributed by atoms with E-state index in [1.165, 1.54) is 14.0 Å². The van der Waals surface area contributed by atoms with Gasteiger partial charge in [-0.15, -0.1) is 0 Å². The highest BCUT2D eigenvalue weighted by molar-refractivity contribution is 8.14. The topological polar surface area (TPSA) is 43.4 Å². The summed E-state index contributed by atoms with van der Waals surface area (Å²) in [5.41, 5.74) is 0. The van der Waals surface area contributed by atoms with Crippen LogP contribution < -0.4 is 0 Å². The van der Waals surface area contributed by atoms with Gasteiger partial charge in [0.2, 0.25) is 0 Å². The Morgan fingerprint density at radius 3 is 2.45 bits per heavy atom. The summed E-state index contributed by atoms with van der Waals surface area (Å²) in [7, 11) is 1.34. The summed E-state index contributed by atoms with van der Waals surface area (Å²) in [5, 5.41) is 0.0429. The first-order valence-corrected chi connectivity index (χ1v) is 4.18. The Hall–Kier alpha value is -0.510. The molecule has 0 aromatic heterocycles. The highest BCUT2D eigenvalue weighted by atomic mass is 32.2. The molecule has 1 atom stereocenters. The number of hydrogen-bond acceptors (Lipinski definition) is 4. The molecule has 0 saturated carbocycles. The maximum Gasteiger partial charge on any atom is 0.306 e. The third-order valence-electron chi connectivity index (χ3n) is 1.05. The van der Waals surface area contributed by atoms with Crippen molar-refractivity contribution in [2.75, 3.05) is 7.11 Å². The molecule has 0 spiro atoms. The van der Waals surface area contributed by atoms with E-state index in [1.807, 2.05) is 6.92 Å². The zero-order valence-electron chi connectivity index (χ0n) is 6.92. The summed E-state index contributed by atoms with van der Waals surface area (Å²) in [6, 6.07) is 0. The Kier molecular flexibility index (Phi) is 4.94. The Labute approximate surface area is 70.5 Å². The first-order valence-electron chi connectivity index (χ1n) is 3.30. The van der Waals surface area contributed by atoms with Gasteiger partial charge in [0, 0.05) is 12.2 Å². The monoisotopic (exact) mass is 176 g/mol. The normalized spacial score (nSPS) is 12.3. The van der Waals surface area contributed by atoms with Gasteiger partial charge in [0.25, 0.3) is 0 Å². The lowest BCUT2D eigenvalue weighted by atomic mass is 10.3. The van der Waals surface area contributed by atoms with E-state index in [-0.39, 0.29) is 16.3 Å². The lowest BCUT2D eigenvalue weighted by Crippen LogP contribution is -2.09. The van der Waals surface area contributed by atoms with Crippen molar-refractivity contribution in [1.29, 1.82) is 0 Å².